The summed E-state index contributed by atoms with van der Waals surface area (Å²) in [5.74, 6) is 0.0892. The lowest BCUT2D eigenvalue weighted by molar-refractivity contribution is -0.116. The second-order valence-corrected chi connectivity index (χ2v) is 9.26. The molecule has 1 amide bonds. The molecule has 0 radical (unpaired) electrons. The van der Waals surface area contributed by atoms with E-state index in [4.69, 9.17) is 4.74 Å². The summed E-state index contributed by atoms with van der Waals surface area (Å²) in [7, 11) is 0. The first kappa shape index (κ1) is 24.1. The van der Waals surface area contributed by atoms with E-state index >= 15 is 4.39 Å². The van der Waals surface area contributed by atoms with E-state index in [1.54, 1.807) is 36.4 Å². The molecule has 1 saturated heterocycles. The van der Waals surface area contributed by atoms with Gasteiger partial charge >= 0.3 is 0 Å². The van der Waals surface area contributed by atoms with Gasteiger partial charge in [0.2, 0.25) is 11.8 Å². The van der Waals surface area contributed by atoms with E-state index in [9.17, 15) is 4.79 Å². The van der Waals surface area contributed by atoms with Gasteiger partial charge in [0.1, 0.15) is 5.82 Å². The number of benzene rings is 1. The quantitative estimate of drug-likeness (QED) is 0.420. The summed E-state index contributed by atoms with van der Waals surface area (Å²) in [4.78, 5) is 25.4. The molecule has 0 bridgehead atoms. The van der Waals surface area contributed by atoms with Crippen molar-refractivity contribution in [3.8, 4) is 17.0 Å². The zero-order valence-corrected chi connectivity index (χ0v) is 20.5. The van der Waals surface area contributed by atoms with Crippen molar-refractivity contribution in [1.82, 2.24) is 14.9 Å². The minimum absolute atomic E-state index is 0.0427. The fourth-order valence-corrected chi connectivity index (χ4v) is 4.72. The normalized spacial score (nSPS) is 14.2. The molecular weight excluding hydrogens is 431 g/mol. The second-order valence-electron chi connectivity index (χ2n) is 9.26. The zero-order chi connectivity index (χ0) is 24.2. The number of fused-ring (bicyclic) bond motifs is 1. The van der Waals surface area contributed by atoms with Gasteiger partial charge in [-0.2, -0.15) is 0 Å². The highest BCUT2D eigenvalue weighted by Gasteiger charge is 2.22. The van der Waals surface area contributed by atoms with Crippen LogP contribution in [0.15, 0.2) is 36.7 Å². The van der Waals surface area contributed by atoms with Crippen LogP contribution in [0.2, 0.25) is 0 Å². The van der Waals surface area contributed by atoms with Crippen LogP contribution in [0.3, 0.4) is 0 Å². The zero-order valence-electron chi connectivity index (χ0n) is 20.5. The molecule has 0 N–H and O–H groups in total. The van der Waals surface area contributed by atoms with Crippen molar-refractivity contribution in [2.75, 3.05) is 31.1 Å². The van der Waals surface area contributed by atoms with E-state index in [-0.39, 0.29) is 17.8 Å². The number of anilines is 1. The maximum absolute atomic E-state index is 15.1. The molecule has 3 aromatic rings. The summed E-state index contributed by atoms with van der Waals surface area (Å²) in [6.45, 7) is 11.4. The van der Waals surface area contributed by atoms with Crippen LogP contribution >= 0.6 is 0 Å². The number of nitrogens with zero attached hydrogens (tertiary/aromatic N) is 4. The largest absolute Gasteiger partial charge is 0.478 e. The standard InChI is InChI=1S/C27H33FN4O2/c1-18(2)32(20(4)33)27-19(3)16-29-25-15-24(28)22(14-23(25)27)21-8-9-26(30-17-21)34-13-7-12-31-10-5-6-11-31/h8-9,14-18H,5-7,10-13H2,1-4H3. The first-order chi connectivity index (χ1) is 16.3. The number of aryl methyl sites for hydroxylation is 1. The fraction of sp³-hybridized carbons (Fsp3) is 0.444. The average molecular weight is 465 g/mol. The lowest BCUT2D eigenvalue weighted by atomic mass is 10.0. The molecule has 1 aliphatic heterocycles. The highest BCUT2D eigenvalue weighted by atomic mass is 19.1. The number of likely N-dealkylation sites (tertiary alicyclic amines) is 1. The number of hydrogen-bond acceptors (Lipinski definition) is 5. The number of carbonyl (C=O) groups excluding carboxylic acids is 1. The molecule has 4 rings (SSSR count). The van der Waals surface area contributed by atoms with E-state index < -0.39 is 0 Å². The van der Waals surface area contributed by atoms with Crippen molar-refractivity contribution in [3.63, 3.8) is 0 Å². The summed E-state index contributed by atoms with van der Waals surface area (Å²) in [5.41, 5.74) is 3.21. The van der Waals surface area contributed by atoms with Gasteiger partial charge in [0, 0.05) is 60.5 Å². The van der Waals surface area contributed by atoms with Gasteiger partial charge in [-0.15, -0.1) is 0 Å². The third-order valence-corrected chi connectivity index (χ3v) is 6.32. The minimum atomic E-state index is -0.380. The fourth-order valence-electron chi connectivity index (χ4n) is 4.72. The highest BCUT2D eigenvalue weighted by molar-refractivity contribution is 6.04. The molecule has 34 heavy (non-hydrogen) atoms. The first-order valence-electron chi connectivity index (χ1n) is 12.1. The summed E-state index contributed by atoms with van der Waals surface area (Å²) < 4.78 is 20.9. The molecule has 0 saturated carbocycles. The van der Waals surface area contributed by atoms with Gasteiger partial charge in [-0.05, 0) is 70.8 Å². The predicted octanol–water partition coefficient (Wildman–Crippen LogP) is 5.37. The highest BCUT2D eigenvalue weighted by Crippen LogP contribution is 2.35. The van der Waals surface area contributed by atoms with Crippen LogP contribution in [-0.2, 0) is 4.79 Å². The Labute approximate surface area is 200 Å². The van der Waals surface area contributed by atoms with E-state index in [0.717, 1.165) is 29.6 Å². The Hall–Kier alpha value is -3.06. The van der Waals surface area contributed by atoms with E-state index in [0.29, 0.717) is 29.1 Å². The molecule has 2 aromatic heterocycles. The van der Waals surface area contributed by atoms with Crippen LogP contribution in [0.4, 0.5) is 10.1 Å². The van der Waals surface area contributed by atoms with Crippen LogP contribution in [0, 0.1) is 12.7 Å². The number of rotatable bonds is 8. The summed E-state index contributed by atoms with van der Waals surface area (Å²) in [6.07, 6.45) is 6.86. The van der Waals surface area contributed by atoms with Crippen molar-refractivity contribution in [3.05, 3.63) is 48.0 Å². The predicted molar refractivity (Wildman–Crippen MR) is 134 cm³/mol. The summed E-state index contributed by atoms with van der Waals surface area (Å²) >= 11 is 0. The Morgan fingerprint density at radius 1 is 1.18 bits per heavy atom. The molecule has 7 heteroatoms. The molecular formula is C27H33FN4O2. The Bertz CT molecular complexity index is 1160. The molecule has 0 aliphatic carbocycles. The molecule has 1 fully saturated rings. The van der Waals surface area contributed by atoms with Gasteiger partial charge in [-0.25, -0.2) is 9.37 Å². The van der Waals surface area contributed by atoms with E-state index in [2.05, 4.69) is 14.9 Å². The lowest BCUT2D eigenvalue weighted by Gasteiger charge is -2.28. The third kappa shape index (κ3) is 5.20. The van der Waals surface area contributed by atoms with Crippen molar-refractivity contribution >= 4 is 22.5 Å². The number of pyridine rings is 2. The van der Waals surface area contributed by atoms with Crippen LogP contribution in [0.25, 0.3) is 22.0 Å². The molecule has 0 atom stereocenters. The van der Waals surface area contributed by atoms with Gasteiger partial charge in [0.15, 0.2) is 0 Å². The van der Waals surface area contributed by atoms with E-state index in [1.807, 2.05) is 26.8 Å². The molecule has 1 aromatic carbocycles. The summed E-state index contributed by atoms with van der Waals surface area (Å²) in [6, 6.07) is 6.75. The van der Waals surface area contributed by atoms with Gasteiger partial charge in [-0.1, -0.05) is 0 Å². The SMILES string of the molecule is CC(=O)N(c1c(C)cnc2cc(F)c(-c3ccc(OCCCN4CCCC4)nc3)cc12)C(C)C. The minimum Gasteiger partial charge on any atom is -0.478 e. The Morgan fingerprint density at radius 2 is 1.94 bits per heavy atom. The van der Waals surface area contributed by atoms with Crippen LogP contribution in [0.5, 0.6) is 5.88 Å². The van der Waals surface area contributed by atoms with Crippen LogP contribution in [0.1, 0.15) is 45.6 Å². The van der Waals surface area contributed by atoms with Gasteiger partial charge in [0.25, 0.3) is 0 Å². The molecule has 6 nitrogen and oxygen atoms in total. The van der Waals surface area contributed by atoms with Crippen molar-refractivity contribution < 1.29 is 13.9 Å². The Morgan fingerprint density at radius 3 is 2.59 bits per heavy atom. The monoisotopic (exact) mass is 464 g/mol. The smallest absolute Gasteiger partial charge is 0.224 e. The second kappa shape index (κ2) is 10.5. The van der Waals surface area contributed by atoms with Crippen LogP contribution < -0.4 is 9.64 Å². The maximum atomic E-state index is 15.1. The lowest BCUT2D eigenvalue weighted by Crippen LogP contribution is -2.35. The van der Waals surface area contributed by atoms with Crippen LogP contribution in [-0.4, -0.2) is 53.1 Å². The molecule has 1 aliphatic rings. The number of ether oxygens (including phenoxy) is 1. The number of halogens is 1. The Balaban J connectivity index is 1.58. The molecule has 180 valence electrons. The van der Waals surface area contributed by atoms with Gasteiger partial charge < -0.3 is 14.5 Å². The van der Waals surface area contributed by atoms with E-state index in [1.165, 1.54) is 32.0 Å². The van der Waals surface area contributed by atoms with Gasteiger partial charge in [-0.3, -0.25) is 9.78 Å². The maximum Gasteiger partial charge on any atom is 0.224 e. The number of carbonyl (C=O) groups is 1. The number of aromatic nitrogens is 2. The number of amides is 1. The third-order valence-electron chi connectivity index (χ3n) is 6.32. The number of hydrogen-bond donors (Lipinski definition) is 0. The van der Waals surface area contributed by atoms with Crippen molar-refractivity contribution in [2.24, 2.45) is 0 Å². The average Bonchev–Trinajstić information content (AvgIpc) is 3.32. The Kier molecular flexibility index (Phi) is 7.41. The molecule has 3 heterocycles. The topological polar surface area (TPSA) is 58.6 Å². The molecule has 0 spiro atoms. The van der Waals surface area contributed by atoms with Crippen molar-refractivity contribution in [2.45, 2.75) is 53.0 Å². The first-order valence-corrected chi connectivity index (χ1v) is 12.1. The molecule has 0 unspecified atom stereocenters. The van der Waals surface area contributed by atoms with Gasteiger partial charge in [0.05, 0.1) is 17.8 Å². The van der Waals surface area contributed by atoms with Crippen molar-refractivity contribution in [1.29, 1.82) is 0 Å². The summed E-state index contributed by atoms with van der Waals surface area (Å²) in [5, 5.41) is 0.738.